The molecule has 0 saturated heterocycles. The van der Waals surface area contributed by atoms with Gasteiger partial charge in [0, 0.05) is 22.7 Å². The van der Waals surface area contributed by atoms with Crippen molar-refractivity contribution in [3.63, 3.8) is 0 Å². The predicted octanol–water partition coefficient (Wildman–Crippen LogP) is 10.4. The van der Waals surface area contributed by atoms with E-state index in [1.807, 2.05) is 0 Å². The molecule has 0 N–H and O–H groups in total. The fraction of sp³-hybridized carbons (Fsp3) is 0.417. The van der Waals surface area contributed by atoms with E-state index in [2.05, 4.69) is 96.3 Å². The molecule has 2 aromatic heterocycles. The van der Waals surface area contributed by atoms with Crippen LogP contribution in [0.5, 0.6) is 0 Å². The minimum Gasteiger partial charge on any atom is -0.296 e. The number of rotatable bonds is 8. The molecule has 0 bridgehead atoms. The third-order valence-corrected chi connectivity index (χ3v) is 9.08. The smallest absolute Gasteiger partial charge is 0.145 e. The molecule has 0 spiro atoms. The molecule has 0 unspecified atom stereocenters. The van der Waals surface area contributed by atoms with Crippen molar-refractivity contribution < 1.29 is 4.39 Å². The van der Waals surface area contributed by atoms with Crippen LogP contribution < -0.4 is 0 Å². The van der Waals surface area contributed by atoms with Crippen molar-refractivity contribution in [3.05, 3.63) is 82.4 Å². The molecule has 2 heterocycles. The molecule has 0 fully saturated rings. The van der Waals surface area contributed by atoms with E-state index in [1.165, 1.54) is 52.8 Å². The molecule has 0 amide bonds. The summed E-state index contributed by atoms with van der Waals surface area (Å²) in [5.74, 6) is 0.155. The first-order valence-corrected chi connectivity index (χ1v) is 14.7. The van der Waals surface area contributed by atoms with Crippen LogP contribution in [0.1, 0.15) is 88.2 Å². The molecule has 5 aromatic rings. The SMILES string of the molecule is CCCCCCc1cnc2c3c(C(C)(C)C(C)C)cc(F)cc3c3cc(-c4c(C)cc(C)cc4C)ccc3n12. The van der Waals surface area contributed by atoms with E-state index in [-0.39, 0.29) is 11.2 Å². The van der Waals surface area contributed by atoms with E-state index in [0.29, 0.717) is 5.92 Å². The van der Waals surface area contributed by atoms with Crippen LogP contribution in [0.15, 0.2) is 48.7 Å². The van der Waals surface area contributed by atoms with Crippen LogP contribution in [0.4, 0.5) is 4.39 Å². The van der Waals surface area contributed by atoms with Crippen molar-refractivity contribution in [2.75, 3.05) is 0 Å². The number of benzene rings is 3. The Morgan fingerprint density at radius 2 is 1.62 bits per heavy atom. The lowest BCUT2D eigenvalue weighted by Crippen LogP contribution is -2.25. The minimum atomic E-state index is -0.219. The van der Waals surface area contributed by atoms with Gasteiger partial charge in [-0.05, 0) is 102 Å². The summed E-state index contributed by atoms with van der Waals surface area (Å²) in [4.78, 5) is 5.02. The van der Waals surface area contributed by atoms with Gasteiger partial charge in [-0.1, -0.05) is 77.6 Å². The largest absolute Gasteiger partial charge is 0.296 e. The molecule has 2 nitrogen and oxygen atoms in total. The van der Waals surface area contributed by atoms with E-state index in [0.717, 1.165) is 45.7 Å². The van der Waals surface area contributed by atoms with Crippen molar-refractivity contribution in [1.29, 1.82) is 0 Å². The van der Waals surface area contributed by atoms with E-state index in [4.69, 9.17) is 4.98 Å². The van der Waals surface area contributed by atoms with Crippen molar-refractivity contribution in [2.24, 2.45) is 5.92 Å². The van der Waals surface area contributed by atoms with Gasteiger partial charge in [-0.3, -0.25) is 4.40 Å². The summed E-state index contributed by atoms with van der Waals surface area (Å²) in [6.45, 7) is 17.7. The van der Waals surface area contributed by atoms with Crippen molar-refractivity contribution >= 4 is 27.3 Å². The zero-order chi connectivity index (χ0) is 28.1. The number of hydrogen-bond acceptors (Lipinski definition) is 1. The van der Waals surface area contributed by atoms with Crippen molar-refractivity contribution in [2.45, 2.75) is 92.9 Å². The Kier molecular flexibility index (Phi) is 7.31. The van der Waals surface area contributed by atoms with Crippen LogP contribution in [0, 0.1) is 32.5 Å². The summed E-state index contributed by atoms with van der Waals surface area (Å²) in [5, 5.41) is 3.12. The van der Waals surface area contributed by atoms with Gasteiger partial charge in [0.25, 0.3) is 0 Å². The van der Waals surface area contributed by atoms with Gasteiger partial charge in [0.2, 0.25) is 0 Å². The van der Waals surface area contributed by atoms with Gasteiger partial charge in [0.05, 0.1) is 5.52 Å². The van der Waals surface area contributed by atoms with Gasteiger partial charge >= 0.3 is 0 Å². The highest BCUT2D eigenvalue weighted by molar-refractivity contribution is 6.14. The second-order valence-electron chi connectivity index (χ2n) is 12.5. The van der Waals surface area contributed by atoms with Crippen molar-refractivity contribution in [1.82, 2.24) is 9.38 Å². The van der Waals surface area contributed by atoms with E-state index < -0.39 is 0 Å². The Morgan fingerprint density at radius 1 is 0.897 bits per heavy atom. The van der Waals surface area contributed by atoms with Crippen LogP contribution in [-0.4, -0.2) is 9.38 Å². The van der Waals surface area contributed by atoms with Crippen LogP contribution in [0.3, 0.4) is 0 Å². The summed E-state index contributed by atoms with van der Waals surface area (Å²) in [7, 11) is 0. The van der Waals surface area contributed by atoms with E-state index in [1.54, 1.807) is 12.1 Å². The molecule has 0 aliphatic rings. The molecule has 0 aliphatic heterocycles. The average molecular weight is 523 g/mol. The summed E-state index contributed by atoms with van der Waals surface area (Å²) < 4.78 is 17.8. The topological polar surface area (TPSA) is 17.3 Å². The second kappa shape index (κ2) is 10.4. The highest BCUT2D eigenvalue weighted by Gasteiger charge is 2.30. The monoisotopic (exact) mass is 522 g/mol. The highest BCUT2D eigenvalue weighted by atomic mass is 19.1. The number of nitrogens with zero attached hydrogens (tertiary/aromatic N) is 2. The molecule has 39 heavy (non-hydrogen) atoms. The molecule has 0 saturated carbocycles. The summed E-state index contributed by atoms with van der Waals surface area (Å²) in [5.41, 5.74) is 10.4. The third-order valence-electron chi connectivity index (χ3n) is 9.08. The van der Waals surface area contributed by atoms with Crippen LogP contribution in [-0.2, 0) is 11.8 Å². The van der Waals surface area contributed by atoms with Crippen LogP contribution >= 0.6 is 0 Å². The predicted molar refractivity (Wildman–Crippen MR) is 166 cm³/mol. The molecule has 0 radical (unpaired) electrons. The number of fused-ring (bicyclic) bond motifs is 6. The Balaban J connectivity index is 1.89. The van der Waals surface area contributed by atoms with Gasteiger partial charge in [0.1, 0.15) is 11.5 Å². The number of hydrogen-bond donors (Lipinski definition) is 0. The number of imidazole rings is 1. The molecule has 3 aromatic carbocycles. The van der Waals surface area contributed by atoms with Gasteiger partial charge in [0.15, 0.2) is 0 Å². The second-order valence-corrected chi connectivity index (χ2v) is 12.5. The maximum atomic E-state index is 15.4. The number of pyridine rings is 1. The molecule has 204 valence electrons. The maximum absolute atomic E-state index is 15.4. The summed E-state index contributed by atoms with van der Waals surface area (Å²) >= 11 is 0. The van der Waals surface area contributed by atoms with Crippen LogP contribution in [0.25, 0.3) is 38.4 Å². The molecule has 0 aliphatic carbocycles. The Morgan fingerprint density at radius 3 is 2.28 bits per heavy atom. The first kappa shape index (κ1) is 27.4. The molecule has 5 rings (SSSR count). The average Bonchev–Trinajstić information content (AvgIpc) is 3.29. The number of halogens is 1. The van der Waals surface area contributed by atoms with Gasteiger partial charge in [-0.25, -0.2) is 9.37 Å². The number of aryl methyl sites for hydroxylation is 4. The zero-order valence-corrected chi connectivity index (χ0v) is 25.0. The van der Waals surface area contributed by atoms with Crippen molar-refractivity contribution in [3.8, 4) is 11.1 Å². The quantitative estimate of drug-likeness (QED) is 0.146. The summed E-state index contributed by atoms with van der Waals surface area (Å²) in [6.07, 6.45) is 7.89. The first-order chi connectivity index (χ1) is 18.5. The van der Waals surface area contributed by atoms with Gasteiger partial charge < -0.3 is 0 Å². The first-order valence-electron chi connectivity index (χ1n) is 14.7. The molecule has 0 atom stereocenters. The van der Waals surface area contributed by atoms with E-state index in [9.17, 15) is 0 Å². The van der Waals surface area contributed by atoms with Crippen LogP contribution in [0.2, 0.25) is 0 Å². The fourth-order valence-electron chi connectivity index (χ4n) is 6.36. The fourth-order valence-corrected chi connectivity index (χ4v) is 6.36. The normalized spacial score (nSPS) is 12.5. The Bertz CT molecular complexity index is 1660. The number of aromatic nitrogens is 2. The maximum Gasteiger partial charge on any atom is 0.145 e. The minimum absolute atomic E-state index is 0.184. The number of unbranched alkanes of at least 4 members (excludes halogenated alkanes) is 3. The molecular formula is C36H43FN2. The van der Waals surface area contributed by atoms with Gasteiger partial charge in [-0.15, -0.1) is 0 Å². The zero-order valence-electron chi connectivity index (χ0n) is 25.0. The lowest BCUT2D eigenvalue weighted by Gasteiger charge is -2.31. The lowest BCUT2D eigenvalue weighted by molar-refractivity contribution is 0.373. The standard InChI is InChI=1S/C36H43FN2/c1-9-10-11-12-13-28-21-38-35-34-30(19-27(37)20-31(34)36(7,8)22(2)3)29-18-26(14-15-32(29)39(28)35)33-24(5)16-23(4)17-25(33)6/h14-22H,9-13H2,1-8H3. The third kappa shape index (κ3) is 4.75. The molecule has 3 heteroatoms. The molecular weight excluding hydrogens is 479 g/mol. The lowest BCUT2D eigenvalue weighted by atomic mass is 9.73. The Hall–Kier alpha value is -3.20. The summed E-state index contributed by atoms with van der Waals surface area (Å²) in [6, 6.07) is 14.7. The van der Waals surface area contributed by atoms with E-state index >= 15 is 4.39 Å². The van der Waals surface area contributed by atoms with Gasteiger partial charge in [-0.2, -0.15) is 0 Å². The Labute approximate surface area is 233 Å². The highest BCUT2D eigenvalue weighted by Crippen LogP contribution is 2.42.